The van der Waals surface area contributed by atoms with Crippen molar-refractivity contribution < 1.29 is 19.4 Å². The van der Waals surface area contributed by atoms with Crippen LogP contribution in [0.25, 0.3) is 0 Å². The lowest BCUT2D eigenvalue weighted by Crippen LogP contribution is -2.47. The van der Waals surface area contributed by atoms with Gasteiger partial charge in [0, 0.05) is 6.20 Å². The van der Waals surface area contributed by atoms with E-state index in [9.17, 15) is 14.7 Å². The second-order valence-corrected chi connectivity index (χ2v) is 5.64. The van der Waals surface area contributed by atoms with Crippen molar-refractivity contribution in [3.8, 4) is 0 Å². The van der Waals surface area contributed by atoms with Crippen molar-refractivity contribution in [1.29, 1.82) is 0 Å². The topological polar surface area (TPSA) is 93.5 Å². The summed E-state index contributed by atoms with van der Waals surface area (Å²) in [6.07, 6.45) is 0.910. The molecule has 7 heteroatoms. The molecule has 1 rings (SSSR count). The number of amides is 1. The van der Waals surface area contributed by atoms with Gasteiger partial charge in [-0.2, -0.15) is 5.10 Å². The molecule has 0 spiro atoms. The molecule has 1 heterocycles. The van der Waals surface area contributed by atoms with E-state index in [-0.39, 0.29) is 0 Å². The van der Waals surface area contributed by atoms with Gasteiger partial charge in [-0.05, 0) is 40.7 Å². The molecule has 0 radical (unpaired) electrons. The third kappa shape index (κ3) is 4.56. The molecule has 0 aliphatic heterocycles. The minimum absolute atomic E-state index is 0.534. The van der Waals surface area contributed by atoms with Crippen molar-refractivity contribution in [2.45, 2.75) is 52.3 Å². The Balaban J connectivity index is 2.79. The van der Waals surface area contributed by atoms with Gasteiger partial charge in [-0.3, -0.25) is 4.68 Å². The molecule has 0 aliphatic rings. The molecule has 2 unspecified atom stereocenters. The molecule has 7 nitrogen and oxygen atoms in total. The SMILES string of the molecule is Cc1ccn(C(C)C(NC(=O)OC(C)(C)C)C(=O)O)n1. The van der Waals surface area contributed by atoms with Gasteiger partial charge >= 0.3 is 12.1 Å². The number of aryl methyl sites for hydroxylation is 1. The second kappa shape index (κ2) is 5.94. The van der Waals surface area contributed by atoms with Crippen LogP contribution in [0.5, 0.6) is 0 Å². The van der Waals surface area contributed by atoms with E-state index in [1.54, 1.807) is 46.9 Å². The first-order chi connectivity index (χ1) is 9.10. The minimum Gasteiger partial charge on any atom is -0.480 e. The molecule has 1 amide bonds. The smallest absolute Gasteiger partial charge is 0.408 e. The van der Waals surface area contributed by atoms with Gasteiger partial charge in [0.25, 0.3) is 0 Å². The van der Waals surface area contributed by atoms with Gasteiger partial charge in [-0.15, -0.1) is 0 Å². The van der Waals surface area contributed by atoms with E-state index in [1.165, 1.54) is 4.68 Å². The number of aliphatic carboxylic acids is 1. The summed E-state index contributed by atoms with van der Waals surface area (Å²) in [5.41, 5.74) is 0.0943. The number of carbonyl (C=O) groups excluding carboxylic acids is 1. The normalized spacial score (nSPS) is 14.4. The average Bonchev–Trinajstić information content (AvgIpc) is 2.69. The first kappa shape index (κ1) is 16.0. The number of rotatable bonds is 4. The van der Waals surface area contributed by atoms with E-state index in [0.29, 0.717) is 0 Å². The van der Waals surface area contributed by atoms with Crippen LogP contribution in [0.1, 0.15) is 39.4 Å². The monoisotopic (exact) mass is 283 g/mol. The zero-order valence-electron chi connectivity index (χ0n) is 12.4. The van der Waals surface area contributed by atoms with Gasteiger partial charge in [-0.1, -0.05) is 0 Å². The molecule has 0 bridgehead atoms. The fourth-order valence-corrected chi connectivity index (χ4v) is 1.64. The Labute approximate surface area is 117 Å². The number of carboxylic acids is 1. The maximum atomic E-state index is 11.7. The van der Waals surface area contributed by atoms with Crippen LogP contribution in [-0.2, 0) is 9.53 Å². The maximum Gasteiger partial charge on any atom is 0.408 e. The van der Waals surface area contributed by atoms with Crippen molar-refractivity contribution in [1.82, 2.24) is 15.1 Å². The number of hydrogen-bond acceptors (Lipinski definition) is 4. The van der Waals surface area contributed by atoms with Gasteiger partial charge in [-0.25, -0.2) is 9.59 Å². The van der Waals surface area contributed by atoms with Crippen LogP contribution in [0.4, 0.5) is 4.79 Å². The second-order valence-electron chi connectivity index (χ2n) is 5.64. The molecule has 20 heavy (non-hydrogen) atoms. The van der Waals surface area contributed by atoms with Crippen molar-refractivity contribution >= 4 is 12.1 Å². The highest BCUT2D eigenvalue weighted by Crippen LogP contribution is 2.13. The van der Waals surface area contributed by atoms with Crippen LogP contribution < -0.4 is 5.32 Å². The summed E-state index contributed by atoms with van der Waals surface area (Å²) in [6, 6.07) is 0.112. The van der Waals surface area contributed by atoms with Gasteiger partial charge in [0.05, 0.1) is 11.7 Å². The molecule has 2 N–H and O–H groups in total. The first-order valence-corrected chi connectivity index (χ1v) is 6.34. The fourth-order valence-electron chi connectivity index (χ4n) is 1.64. The number of nitrogens with zero attached hydrogens (tertiary/aromatic N) is 2. The summed E-state index contributed by atoms with van der Waals surface area (Å²) in [4.78, 5) is 23.0. The summed E-state index contributed by atoms with van der Waals surface area (Å²) < 4.78 is 6.57. The summed E-state index contributed by atoms with van der Waals surface area (Å²) in [6.45, 7) is 8.61. The largest absolute Gasteiger partial charge is 0.480 e. The number of aromatic nitrogens is 2. The molecule has 0 aromatic carbocycles. The average molecular weight is 283 g/mol. The number of ether oxygens (including phenoxy) is 1. The third-order valence-corrected chi connectivity index (χ3v) is 2.58. The summed E-state index contributed by atoms with van der Waals surface area (Å²) in [5.74, 6) is -1.14. The predicted molar refractivity (Wildman–Crippen MR) is 72.5 cm³/mol. The molecule has 0 fully saturated rings. The lowest BCUT2D eigenvalue weighted by molar-refractivity contribution is -0.140. The van der Waals surface area contributed by atoms with Crippen molar-refractivity contribution in [2.24, 2.45) is 0 Å². The van der Waals surface area contributed by atoms with Gasteiger partial charge in [0.2, 0.25) is 0 Å². The highest BCUT2D eigenvalue weighted by atomic mass is 16.6. The van der Waals surface area contributed by atoms with E-state index in [4.69, 9.17) is 4.74 Å². The van der Waals surface area contributed by atoms with E-state index < -0.39 is 29.7 Å². The molecule has 0 saturated heterocycles. The van der Waals surface area contributed by atoms with Crippen molar-refractivity contribution in [3.63, 3.8) is 0 Å². The fraction of sp³-hybridized carbons (Fsp3) is 0.615. The Morgan fingerprint density at radius 3 is 2.45 bits per heavy atom. The van der Waals surface area contributed by atoms with E-state index in [1.807, 2.05) is 0 Å². The maximum absolute atomic E-state index is 11.7. The van der Waals surface area contributed by atoms with Crippen molar-refractivity contribution in [2.75, 3.05) is 0 Å². The molecular formula is C13H21N3O4. The Hall–Kier alpha value is -2.05. The van der Waals surface area contributed by atoms with Gasteiger partial charge in [0.1, 0.15) is 5.60 Å². The molecular weight excluding hydrogens is 262 g/mol. The molecule has 1 aromatic rings. The van der Waals surface area contributed by atoms with E-state index in [2.05, 4.69) is 10.4 Å². The van der Waals surface area contributed by atoms with Crippen LogP contribution in [-0.4, -0.2) is 38.6 Å². The quantitative estimate of drug-likeness (QED) is 0.877. The number of carbonyl (C=O) groups is 2. The standard InChI is InChI=1S/C13H21N3O4/c1-8-6-7-16(15-8)9(2)10(11(17)18)14-12(19)20-13(3,4)5/h6-7,9-10H,1-5H3,(H,14,19)(H,17,18). The summed E-state index contributed by atoms with van der Waals surface area (Å²) in [5, 5.41) is 15.8. The lowest BCUT2D eigenvalue weighted by Gasteiger charge is -2.25. The highest BCUT2D eigenvalue weighted by Gasteiger charge is 2.30. The Bertz CT molecular complexity index is 490. The van der Waals surface area contributed by atoms with Crippen LogP contribution >= 0.6 is 0 Å². The Morgan fingerprint density at radius 2 is 2.05 bits per heavy atom. The summed E-state index contributed by atoms with van der Waals surface area (Å²) in [7, 11) is 0. The Morgan fingerprint density at radius 1 is 1.45 bits per heavy atom. The number of carboxylic acid groups (broad SMARTS) is 1. The molecule has 2 atom stereocenters. The minimum atomic E-state index is -1.14. The number of nitrogens with one attached hydrogen (secondary N) is 1. The highest BCUT2D eigenvalue weighted by molar-refractivity contribution is 5.80. The number of alkyl carbamates (subject to hydrolysis) is 1. The first-order valence-electron chi connectivity index (χ1n) is 6.34. The van der Waals surface area contributed by atoms with Gasteiger partial charge < -0.3 is 15.2 Å². The van der Waals surface area contributed by atoms with Crippen molar-refractivity contribution in [3.05, 3.63) is 18.0 Å². The van der Waals surface area contributed by atoms with Gasteiger partial charge in [0.15, 0.2) is 6.04 Å². The zero-order chi connectivity index (χ0) is 15.5. The van der Waals surface area contributed by atoms with E-state index >= 15 is 0 Å². The summed E-state index contributed by atoms with van der Waals surface area (Å²) >= 11 is 0. The predicted octanol–water partition coefficient (Wildman–Crippen LogP) is 1.73. The third-order valence-electron chi connectivity index (χ3n) is 2.58. The van der Waals surface area contributed by atoms with E-state index in [0.717, 1.165) is 5.69 Å². The van der Waals surface area contributed by atoms with Crippen LogP contribution in [0.3, 0.4) is 0 Å². The van der Waals surface area contributed by atoms with Crippen LogP contribution in [0.2, 0.25) is 0 Å². The molecule has 1 aromatic heterocycles. The number of hydrogen-bond donors (Lipinski definition) is 2. The Kier molecular flexibility index (Phi) is 4.75. The van der Waals surface area contributed by atoms with Crippen LogP contribution in [0, 0.1) is 6.92 Å². The zero-order valence-corrected chi connectivity index (χ0v) is 12.4. The molecule has 112 valence electrons. The van der Waals surface area contributed by atoms with Crippen LogP contribution in [0.15, 0.2) is 12.3 Å². The lowest BCUT2D eigenvalue weighted by atomic mass is 10.1. The molecule has 0 saturated carbocycles. The molecule has 0 aliphatic carbocycles.